The number of esters is 1. The second-order valence-corrected chi connectivity index (χ2v) is 13.4. The van der Waals surface area contributed by atoms with Gasteiger partial charge in [-0.05, 0) is 12.8 Å². The van der Waals surface area contributed by atoms with Crippen LogP contribution in [0.3, 0.4) is 0 Å². The van der Waals surface area contributed by atoms with Gasteiger partial charge in [0.15, 0.2) is 6.29 Å². The third-order valence-electron chi connectivity index (χ3n) is 9.02. The molecule has 0 aromatic heterocycles. The average molecular weight is 661 g/mol. The Morgan fingerprint density at radius 2 is 1.07 bits per heavy atom. The van der Waals surface area contributed by atoms with Crippen molar-refractivity contribution >= 4 is 5.97 Å². The van der Waals surface area contributed by atoms with E-state index in [0.29, 0.717) is 13.0 Å². The van der Waals surface area contributed by atoms with Gasteiger partial charge in [-0.3, -0.25) is 4.79 Å². The molecule has 1 aliphatic heterocycles. The lowest BCUT2D eigenvalue weighted by molar-refractivity contribution is -0.305. The zero-order valence-corrected chi connectivity index (χ0v) is 29.6. The maximum atomic E-state index is 12.7. The lowest BCUT2D eigenvalue weighted by Crippen LogP contribution is -2.59. The first-order chi connectivity index (χ1) is 22.4. The van der Waals surface area contributed by atoms with Crippen LogP contribution >= 0.6 is 0 Å². The topological polar surface area (TPSA) is 135 Å². The van der Waals surface area contributed by atoms with Crippen molar-refractivity contribution in [2.24, 2.45) is 0 Å². The normalized spacial score (nSPS) is 22.3. The van der Waals surface area contributed by atoms with Crippen LogP contribution in [0.2, 0.25) is 0 Å². The van der Waals surface area contributed by atoms with Crippen molar-refractivity contribution in [3.8, 4) is 0 Å². The molecule has 1 heterocycles. The second kappa shape index (κ2) is 30.3. The fraction of sp³-hybridized carbons (Fsp3) is 0.973. The number of hydrogen-bond acceptors (Lipinski definition) is 9. The summed E-state index contributed by atoms with van der Waals surface area (Å²) < 4.78 is 22.6. The van der Waals surface area contributed by atoms with Gasteiger partial charge in [-0.25, -0.2) is 0 Å². The van der Waals surface area contributed by atoms with Crippen molar-refractivity contribution in [1.82, 2.24) is 0 Å². The van der Waals surface area contributed by atoms with E-state index in [1.807, 2.05) is 0 Å². The molecule has 1 fully saturated rings. The Morgan fingerprint density at radius 3 is 1.54 bits per heavy atom. The van der Waals surface area contributed by atoms with E-state index in [4.69, 9.17) is 18.9 Å². The van der Waals surface area contributed by atoms with Gasteiger partial charge in [-0.2, -0.15) is 0 Å². The average Bonchev–Trinajstić information content (AvgIpc) is 3.05. The maximum absolute atomic E-state index is 12.7. The summed E-state index contributed by atoms with van der Waals surface area (Å²) in [7, 11) is 0. The van der Waals surface area contributed by atoms with Crippen LogP contribution in [0, 0.1) is 0 Å². The summed E-state index contributed by atoms with van der Waals surface area (Å²) >= 11 is 0. The van der Waals surface area contributed by atoms with E-state index in [9.17, 15) is 25.2 Å². The molecule has 0 aliphatic carbocycles. The largest absolute Gasteiger partial charge is 0.457 e. The van der Waals surface area contributed by atoms with Crippen LogP contribution < -0.4 is 0 Å². The van der Waals surface area contributed by atoms with E-state index < -0.39 is 43.4 Å². The molecule has 0 amide bonds. The molecular formula is C37H72O9. The second-order valence-electron chi connectivity index (χ2n) is 13.4. The number of aliphatic hydroxyl groups is 4. The van der Waals surface area contributed by atoms with Crippen molar-refractivity contribution < 1.29 is 44.2 Å². The van der Waals surface area contributed by atoms with Gasteiger partial charge in [-0.1, -0.05) is 149 Å². The third-order valence-corrected chi connectivity index (χ3v) is 9.02. The molecule has 274 valence electrons. The Kier molecular flexibility index (Phi) is 28.4. The minimum Gasteiger partial charge on any atom is -0.457 e. The number of hydrogen-bond donors (Lipinski definition) is 4. The number of aliphatic hydroxyl groups excluding tert-OH is 4. The summed E-state index contributed by atoms with van der Waals surface area (Å²) in [6.45, 7) is 4.54. The highest BCUT2D eigenvalue weighted by Gasteiger charge is 2.44. The van der Waals surface area contributed by atoms with Gasteiger partial charge in [0.1, 0.15) is 30.5 Å². The lowest BCUT2D eigenvalue weighted by atomic mass is 9.99. The monoisotopic (exact) mass is 661 g/mol. The molecule has 9 nitrogen and oxygen atoms in total. The van der Waals surface area contributed by atoms with Crippen LogP contribution in [-0.2, 0) is 23.7 Å². The first-order valence-corrected chi connectivity index (χ1v) is 19.1. The molecule has 0 saturated carbocycles. The smallest absolute Gasteiger partial charge is 0.306 e. The van der Waals surface area contributed by atoms with Gasteiger partial charge in [0, 0.05) is 13.0 Å². The van der Waals surface area contributed by atoms with Crippen molar-refractivity contribution in [2.75, 3.05) is 26.4 Å². The number of rotatable bonds is 32. The van der Waals surface area contributed by atoms with Crippen molar-refractivity contribution in [2.45, 2.75) is 205 Å². The van der Waals surface area contributed by atoms with E-state index in [2.05, 4.69) is 13.8 Å². The van der Waals surface area contributed by atoms with Gasteiger partial charge >= 0.3 is 5.97 Å². The summed E-state index contributed by atoms with van der Waals surface area (Å²) in [5, 5.41) is 39.8. The van der Waals surface area contributed by atoms with Crippen LogP contribution in [-0.4, -0.2) is 89.6 Å². The minimum atomic E-state index is -1.53. The molecule has 0 spiro atoms. The predicted octanol–water partition coefficient (Wildman–Crippen LogP) is 7.13. The van der Waals surface area contributed by atoms with Crippen LogP contribution in [0.25, 0.3) is 0 Å². The van der Waals surface area contributed by atoms with Crippen molar-refractivity contribution in [3.63, 3.8) is 0 Å². The summed E-state index contributed by atoms with van der Waals surface area (Å²) in [4.78, 5) is 12.7. The van der Waals surface area contributed by atoms with Gasteiger partial charge < -0.3 is 39.4 Å². The molecule has 6 atom stereocenters. The van der Waals surface area contributed by atoms with E-state index >= 15 is 0 Å². The van der Waals surface area contributed by atoms with Gasteiger partial charge in [0.2, 0.25) is 0 Å². The molecule has 4 N–H and O–H groups in total. The number of unbranched alkanes of at least 4 members (excludes halogenated alkanes) is 21. The first kappa shape index (κ1) is 43.2. The fourth-order valence-electron chi connectivity index (χ4n) is 5.96. The first-order valence-electron chi connectivity index (χ1n) is 19.1. The van der Waals surface area contributed by atoms with Gasteiger partial charge in [0.25, 0.3) is 0 Å². The molecule has 6 unspecified atom stereocenters. The molecule has 0 aromatic rings. The predicted molar refractivity (Wildman–Crippen MR) is 183 cm³/mol. The standard InChI is InChI=1S/C37H72O9/c1-3-5-7-9-11-12-13-14-15-16-17-18-19-20-22-24-26-33(39)45-31(29-43-27-25-23-21-10-8-6-4-2)30-44-37-36(42)35(41)34(40)32(28-38)46-37/h31-32,34-38,40-42H,3-30H2,1-2H3. The minimum absolute atomic E-state index is 0.107. The molecule has 1 saturated heterocycles. The lowest BCUT2D eigenvalue weighted by Gasteiger charge is -2.39. The zero-order chi connectivity index (χ0) is 33.7. The van der Waals surface area contributed by atoms with Crippen molar-refractivity contribution in [3.05, 3.63) is 0 Å². The number of ether oxygens (including phenoxy) is 4. The van der Waals surface area contributed by atoms with Crippen molar-refractivity contribution in [1.29, 1.82) is 0 Å². The Balaban J connectivity index is 2.26. The molecule has 46 heavy (non-hydrogen) atoms. The fourth-order valence-corrected chi connectivity index (χ4v) is 5.96. The number of carbonyl (C=O) groups excluding carboxylic acids is 1. The summed E-state index contributed by atoms with van der Waals surface area (Å²) in [5.41, 5.74) is 0. The SMILES string of the molecule is CCCCCCCCCCCCCCCCCCC(=O)OC(COCCCCCCCCC)COC1OC(CO)C(O)C(O)C1O. The molecule has 1 rings (SSSR count). The summed E-state index contributed by atoms with van der Waals surface area (Å²) in [6.07, 6.45) is 21.4. The van der Waals surface area contributed by atoms with E-state index in [1.165, 1.54) is 116 Å². The highest BCUT2D eigenvalue weighted by molar-refractivity contribution is 5.69. The number of carbonyl (C=O) groups is 1. The van der Waals surface area contributed by atoms with Crippen LogP contribution in [0.15, 0.2) is 0 Å². The van der Waals surface area contributed by atoms with Gasteiger partial charge in [0.05, 0.1) is 19.8 Å². The Bertz CT molecular complexity index is 677. The Labute approximate surface area is 281 Å². The molecule has 0 radical (unpaired) electrons. The highest BCUT2D eigenvalue weighted by Crippen LogP contribution is 2.22. The molecule has 9 heteroatoms. The highest BCUT2D eigenvalue weighted by atomic mass is 16.7. The quantitative estimate of drug-likeness (QED) is 0.0439. The van der Waals surface area contributed by atoms with Gasteiger partial charge in [-0.15, -0.1) is 0 Å². The maximum Gasteiger partial charge on any atom is 0.306 e. The van der Waals surface area contributed by atoms with E-state index in [-0.39, 0.29) is 19.2 Å². The Morgan fingerprint density at radius 1 is 0.609 bits per heavy atom. The summed E-state index contributed by atoms with van der Waals surface area (Å²) in [5.74, 6) is -0.313. The zero-order valence-electron chi connectivity index (χ0n) is 29.6. The molecule has 0 bridgehead atoms. The summed E-state index contributed by atoms with van der Waals surface area (Å²) in [6, 6.07) is 0. The third kappa shape index (κ3) is 21.9. The molecule has 0 aromatic carbocycles. The van der Waals surface area contributed by atoms with E-state index in [0.717, 1.165) is 32.1 Å². The van der Waals surface area contributed by atoms with E-state index in [1.54, 1.807) is 0 Å². The van der Waals surface area contributed by atoms with Crippen LogP contribution in [0.1, 0.15) is 168 Å². The van der Waals surface area contributed by atoms with Crippen LogP contribution in [0.4, 0.5) is 0 Å². The Hall–Kier alpha value is -0.810. The molecular weight excluding hydrogens is 588 g/mol. The molecule has 1 aliphatic rings. The van der Waals surface area contributed by atoms with Crippen LogP contribution in [0.5, 0.6) is 0 Å².